The van der Waals surface area contributed by atoms with Gasteiger partial charge in [-0.15, -0.1) is 0 Å². The SMILES string of the molecule is O=C(Nc1nc(-c2ccco2)c(C(=O)C2CCOCC2)s1)c1ccnc(CN2CCNCC2)c1. The van der Waals surface area contributed by atoms with Crippen molar-refractivity contribution >= 4 is 28.2 Å². The number of nitrogens with zero attached hydrogens (tertiary/aromatic N) is 3. The molecule has 0 atom stereocenters. The van der Waals surface area contributed by atoms with Crippen LogP contribution in [0.4, 0.5) is 5.13 Å². The minimum Gasteiger partial charge on any atom is -0.463 e. The fourth-order valence-electron chi connectivity index (χ4n) is 4.24. The number of rotatable bonds is 7. The molecule has 0 radical (unpaired) electrons. The molecule has 0 bridgehead atoms. The van der Waals surface area contributed by atoms with E-state index < -0.39 is 0 Å². The van der Waals surface area contributed by atoms with Gasteiger partial charge in [0.15, 0.2) is 16.7 Å². The zero-order valence-corrected chi connectivity index (χ0v) is 19.6. The molecule has 2 saturated heterocycles. The van der Waals surface area contributed by atoms with E-state index in [4.69, 9.17) is 9.15 Å². The smallest absolute Gasteiger partial charge is 0.257 e. The Kier molecular flexibility index (Phi) is 7.10. The average molecular weight is 482 g/mol. The number of furan rings is 1. The largest absolute Gasteiger partial charge is 0.463 e. The van der Waals surface area contributed by atoms with Crippen LogP contribution in [0.15, 0.2) is 41.1 Å². The summed E-state index contributed by atoms with van der Waals surface area (Å²) in [5.74, 6) is 0.136. The number of carbonyl (C=O) groups is 2. The highest BCUT2D eigenvalue weighted by molar-refractivity contribution is 7.18. The molecule has 3 aromatic heterocycles. The van der Waals surface area contributed by atoms with Gasteiger partial charge in [-0.3, -0.25) is 24.8 Å². The second kappa shape index (κ2) is 10.6. The van der Waals surface area contributed by atoms with Crippen LogP contribution in [-0.4, -0.2) is 66.0 Å². The maximum Gasteiger partial charge on any atom is 0.257 e. The van der Waals surface area contributed by atoms with Gasteiger partial charge in [0.2, 0.25) is 0 Å². The zero-order chi connectivity index (χ0) is 23.3. The highest BCUT2D eigenvalue weighted by Gasteiger charge is 2.29. The number of ether oxygens (including phenoxy) is 1. The number of anilines is 1. The summed E-state index contributed by atoms with van der Waals surface area (Å²) < 4.78 is 10.9. The number of hydrogen-bond acceptors (Lipinski definition) is 9. The summed E-state index contributed by atoms with van der Waals surface area (Å²) >= 11 is 1.19. The Hall–Kier alpha value is -2.92. The molecule has 9 nitrogen and oxygen atoms in total. The standard InChI is InChI=1S/C24H27N5O4S/c30-21(16-4-12-32-13-5-16)22-20(19-2-1-11-33-19)27-24(34-22)28-23(31)17-3-6-26-18(14-17)15-29-9-7-25-8-10-29/h1-3,6,11,14,16,25H,4-5,7-10,12-13,15H2,(H,27,28,31). The van der Waals surface area contributed by atoms with Crippen molar-refractivity contribution in [2.75, 3.05) is 44.7 Å². The van der Waals surface area contributed by atoms with Crippen LogP contribution >= 0.6 is 11.3 Å². The molecule has 1 amide bonds. The Labute approximate surface area is 201 Å². The van der Waals surface area contributed by atoms with Crippen LogP contribution < -0.4 is 10.6 Å². The minimum absolute atomic E-state index is 0.0231. The van der Waals surface area contributed by atoms with Crippen LogP contribution in [-0.2, 0) is 11.3 Å². The van der Waals surface area contributed by atoms with E-state index in [1.54, 1.807) is 30.7 Å². The number of Topliss-reactive ketones (excluding diaryl/α,β-unsaturated/α-hetero) is 1. The molecular formula is C24H27N5O4S. The van der Waals surface area contributed by atoms with Gasteiger partial charge in [0.1, 0.15) is 10.6 Å². The minimum atomic E-state index is -0.284. The molecule has 2 aliphatic heterocycles. The summed E-state index contributed by atoms with van der Waals surface area (Å²) in [6.07, 6.45) is 4.57. The van der Waals surface area contributed by atoms with Gasteiger partial charge in [0.25, 0.3) is 5.91 Å². The number of thiazole rings is 1. The van der Waals surface area contributed by atoms with Crippen molar-refractivity contribution in [1.29, 1.82) is 0 Å². The Balaban J connectivity index is 1.34. The van der Waals surface area contributed by atoms with E-state index >= 15 is 0 Å². The lowest BCUT2D eigenvalue weighted by molar-refractivity contribution is 0.0547. The quantitative estimate of drug-likeness (QED) is 0.496. The molecule has 2 fully saturated rings. The van der Waals surface area contributed by atoms with Crippen LogP contribution in [0.1, 0.15) is 38.6 Å². The van der Waals surface area contributed by atoms with Gasteiger partial charge in [0, 0.05) is 63.6 Å². The topological polar surface area (TPSA) is 110 Å². The Morgan fingerprint density at radius 2 is 2.03 bits per heavy atom. The van der Waals surface area contributed by atoms with E-state index in [1.807, 2.05) is 6.07 Å². The molecule has 0 aromatic carbocycles. The molecule has 34 heavy (non-hydrogen) atoms. The molecule has 5 heterocycles. The lowest BCUT2D eigenvalue weighted by atomic mass is 9.94. The summed E-state index contributed by atoms with van der Waals surface area (Å²) in [5.41, 5.74) is 1.82. The lowest BCUT2D eigenvalue weighted by Gasteiger charge is -2.26. The Morgan fingerprint density at radius 3 is 2.79 bits per heavy atom. The Morgan fingerprint density at radius 1 is 1.21 bits per heavy atom. The average Bonchev–Trinajstić information content (AvgIpc) is 3.55. The predicted octanol–water partition coefficient (Wildman–Crippen LogP) is 3.06. The van der Waals surface area contributed by atoms with Crippen LogP contribution in [0.3, 0.4) is 0 Å². The third-order valence-corrected chi connectivity index (χ3v) is 7.08. The highest BCUT2D eigenvalue weighted by Crippen LogP contribution is 2.35. The van der Waals surface area contributed by atoms with Gasteiger partial charge in [0.05, 0.1) is 12.0 Å². The van der Waals surface area contributed by atoms with E-state index in [9.17, 15) is 9.59 Å². The summed E-state index contributed by atoms with van der Waals surface area (Å²) in [7, 11) is 0. The summed E-state index contributed by atoms with van der Waals surface area (Å²) in [6, 6.07) is 7.03. The number of aromatic nitrogens is 2. The fourth-order valence-corrected chi connectivity index (χ4v) is 5.22. The first kappa shape index (κ1) is 22.9. The zero-order valence-electron chi connectivity index (χ0n) is 18.8. The van der Waals surface area contributed by atoms with E-state index in [1.165, 1.54) is 11.3 Å². The number of nitrogens with one attached hydrogen (secondary N) is 2. The molecule has 0 saturated carbocycles. The fraction of sp³-hybridized carbons (Fsp3) is 0.417. The summed E-state index contributed by atoms with van der Waals surface area (Å²) in [6.45, 7) is 5.68. The molecule has 0 unspecified atom stereocenters. The summed E-state index contributed by atoms with van der Waals surface area (Å²) in [4.78, 5) is 38.1. The van der Waals surface area contributed by atoms with Gasteiger partial charge in [-0.1, -0.05) is 11.3 Å². The monoisotopic (exact) mass is 481 g/mol. The van der Waals surface area contributed by atoms with Gasteiger partial charge in [-0.25, -0.2) is 4.98 Å². The van der Waals surface area contributed by atoms with Gasteiger partial charge >= 0.3 is 0 Å². The van der Waals surface area contributed by atoms with Gasteiger partial charge in [-0.05, 0) is 37.1 Å². The molecule has 3 aromatic rings. The first-order valence-corrected chi connectivity index (χ1v) is 12.3. The second-order valence-electron chi connectivity index (χ2n) is 8.44. The van der Waals surface area contributed by atoms with Crippen molar-refractivity contribution in [2.24, 2.45) is 5.92 Å². The van der Waals surface area contributed by atoms with Crippen molar-refractivity contribution in [2.45, 2.75) is 19.4 Å². The van der Waals surface area contributed by atoms with Crippen LogP contribution in [0.5, 0.6) is 0 Å². The van der Waals surface area contributed by atoms with E-state index in [-0.39, 0.29) is 17.6 Å². The van der Waals surface area contributed by atoms with Crippen LogP contribution in [0.25, 0.3) is 11.5 Å². The second-order valence-corrected chi connectivity index (χ2v) is 9.44. The van der Waals surface area contributed by atoms with Gasteiger partial charge < -0.3 is 14.5 Å². The van der Waals surface area contributed by atoms with Crippen molar-refractivity contribution in [3.63, 3.8) is 0 Å². The molecule has 178 valence electrons. The van der Waals surface area contributed by atoms with E-state index in [0.29, 0.717) is 59.6 Å². The third-order valence-electron chi connectivity index (χ3n) is 6.09. The highest BCUT2D eigenvalue weighted by atomic mass is 32.1. The normalized spacial score (nSPS) is 17.5. The van der Waals surface area contributed by atoms with Gasteiger partial charge in [-0.2, -0.15) is 0 Å². The molecule has 0 aliphatic carbocycles. The van der Waals surface area contributed by atoms with E-state index in [2.05, 4.69) is 25.5 Å². The number of ketones is 1. The number of hydrogen-bond donors (Lipinski definition) is 2. The molecule has 2 aliphatic rings. The van der Waals surface area contributed by atoms with E-state index in [0.717, 1.165) is 31.9 Å². The molecule has 2 N–H and O–H groups in total. The van der Waals surface area contributed by atoms with Crippen molar-refractivity contribution in [3.8, 4) is 11.5 Å². The van der Waals surface area contributed by atoms with Crippen LogP contribution in [0.2, 0.25) is 0 Å². The molecule has 10 heteroatoms. The molecular weight excluding hydrogens is 454 g/mol. The lowest BCUT2D eigenvalue weighted by Crippen LogP contribution is -2.43. The first-order valence-electron chi connectivity index (χ1n) is 11.5. The number of piperazine rings is 1. The van der Waals surface area contributed by atoms with Crippen molar-refractivity contribution in [1.82, 2.24) is 20.2 Å². The third kappa shape index (κ3) is 5.25. The molecule has 0 spiro atoms. The number of carbonyl (C=O) groups excluding carboxylic acids is 2. The maximum absolute atomic E-state index is 13.3. The first-order chi connectivity index (χ1) is 16.7. The predicted molar refractivity (Wildman–Crippen MR) is 128 cm³/mol. The Bertz CT molecular complexity index is 1130. The number of pyridine rings is 1. The maximum atomic E-state index is 13.3. The van der Waals surface area contributed by atoms with Crippen molar-refractivity contribution < 1.29 is 18.7 Å². The van der Waals surface area contributed by atoms with Crippen LogP contribution in [0, 0.1) is 5.92 Å². The number of amides is 1. The van der Waals surface area contributed by atoms with Crippen molar-refractivity contribution in [3.05, 3.63) is 52.9 Å². The summed E-state index contributed by atoms with van der Waals surface area (Å²) in [5, 5.41) is 6.57. The molecule has 5 rings (SSSR count).